The minimum absolute atomic E-state index is 0.128. The van der Waals surface area contributed by atoms with E-state index in [1.807, 2.05) is 23.6 Å². The maximum absolute atomic E-state index is 12.6. The molecule has 0 aliphatic heterocycles. The van der Waals surface area contributed by atoms with Crippen molar-refractivity contribution in [1.29, 1.82) is 0 Å². The summed E-state index contributed by atoms with van der Waals surface area (Å²) in [6.45, 7) is 0. The van der Waals surface area contributed by atoms with E-state index in [1.54, 1.807) is 29.0 Å². The molecule has 0 fully saturated rings. The molecule has 0 atom stereocenters. The number of hydrogen-bond acceptors (Lipinski definition) is 4. The minimum atomic E-state index is -5.48. The summed E-state index contributed by atoms with van der Waals surface area (Å²) in [4.78, 5) is 0. The van der Waals surface area contributed by atoms with Crippen LogP contribution >= 0.6 is 11.5 Å². The number of rotatable bonds is 5. The van der Waals surface area contributed by atoms with Gasteiger partial charge in [-0.05, 0) is 34.8 Å². The first-order valence-corrected chi connectivity index (χ1v) is 9.75. The maximum Gasteiger partial charge on any atom is 0.516 e. The zero-order valence-corrected chi connectivity index (χ0v) is 14.8. The molecule has 0 aliphatic rings. The van der Waals surface area contributed by atoms with Crippen molar-refractivity contribution in [2.45, 2.75) is 11.9 Å². The molecule has 1 heterocycles. The van der Waals surface area contributed by atoms with Crippen LogP contribution in [0.5, 0.6) is 0 Å². The van der Waals surface area contributed by atoms with Crippen LogP contribution in [0.1, 0.15) is 11.3 Å². The van der Waals surface area contributed by atoms with Crippen LogP contribution in [0.2, 0.25) is 0 Å². The second-order valence-corrected chi connectivity index (χ2v) is 7.80. The van der Waals surface area contributed by atoms with Gasteiger partial charge in [-0.1, -0.05) is 42.5 Å². The van der Waals surface area contributed by atoms with E-state index in [1.165, 1.54) is 23.7 Å². The van der Waals surface area contributed by atoms with E-state index in [4.69, 9.17) is 0 Å². The highest BCUT2D eigenvalue weighted by Gasteiger charge is 2.46. The Hall–Kier alpha value is -2.39. The highest BCUT2D eigenvalue weighted by atomic mass is 32.2. The molecule has 0 saturated carbocycles. The Morgan fingerprint density at radius 2 is 1.69 bits per heavy atom. The molecule has 26 heavy (non-hydrogen) atoms. The molecule has 1 aromatic heterocycles. The fraction of sp³-hybridized carbons (Fsp3) is 0.118. The molecule has 0 radical (unpaired) electrons. The molecular formula is C17H13F3N2O2S2. The molecule has 0 bridgehead atoms. The van der Waals surface area contributed by atoms with E-state index in [2.05, 4.69) is 4.37 Å². The van der Waals surface area contributed by atoms with E-state index >= 15 is 0 Å². The van der Waals surface area contributed by atoms with Crippen molar-refractivity contribution in [3.05, 3.63) is 71.2 Å². The lowest BCUT2D eigenvalue weighted by Crippen LogP contribution is -2.30. The molecule has 9 heteroatoms. The number of hydrogen-bond donors (Lipinski definition) is 1. The van der Waals surface area contributed by atoms with Crippen LogP contribution in [0.4, 0.5) is 18.9 Å². The Labute approximate surface area is 152 Å². The molecule has 1 N–H and O–H groups in total. The second kappa shape index (κ2) is 7.08. The van der Waals surface area contributed by atoms with Crippen LogP contribution in [-0.2, 0) is 16.4 Å². The molecule has 2 aromatic carbocycles. The quantitative estimate of drug-likeness (QED) is 0.680. The van der Waals surface area contributed by atoms with E-state index in [-0.39, 0.29) is 5.69 Å². The highest BCUT2D eigenvalue weighted by Crippen LogP contribution is 2.32. The van der Waals surface area contributed by atoms with Gasteiger partial charge in [0.1, 0.15) is 0 Å². The first-order valence-electron chi connectivity index (χ1n) is 7.43. The highest BCUT2D eigenvalue weighted by molar-refractivity contribution is 7.93. The number of aromatic nitrogens is 1. The summed E-state index contributed by atoms with van der Waals surface area (Å²) in [7, 11) is -5.48. The van der Waals surface area contributed by atoms with Gasteiger partial charge in [-0.3, -0.25) is 4.72 Å². The Morgan fingerprint density at radius 3 is 2.31 bits per heavy atom. The maximum atomic E-state index is 12.6. The molecule has 136 valence electrons. The summed E-state index contributed by atoms with van der Waals surface area (Å²) in [5.41, 5.74) is -2.61. The summed E-state index contributed by atoms with van der Waals surface area (Å²) in [5, 5.41) is 1.88. The van der Waals surface area contributed by atoms with Crippen LogP contribution in [0.15, 0.2) is 60.0 Å². The summed E-state index contributed by atoms with van der Waals surface area (Å²) < 4.78 is 66.5. The van der Waals surface area contributed by atoms with Gasteiger partial charge in [-0.2, -0.15) is 26.0 Å². The first kappa shape index (κ1) is 18.4. The third kappa shape index (κ3) is 4.05. The van der Waals surface area contributed by atoms with E-state index < -0.39 is 15.5 Å². The summed E-state index contributed by atoms with van der Waals surface area (Å²) in [6, 6.07) is 15.0. The summed E-state index contributed by atoms with van der Waals surface area (Å²) in [6.07, 6.45) is 0.645. The number of para-hydroxylation sites is 1. The third-order valence-electron chi connectivity index (χ3n) is 3.62. The Morgan fingerprint density at radius 1 is 1.00 bits per heavy atom. The van der Waals surface area contributed by atoms with Gasteiger partial charge < -0.3 is 0 Å². The van der Waals surface area contributed by atoms with Gasteiger partial charge >= 0.3 is 15.5 Å². The smallest absolute Gasteiger partial charge is 0.275 e. The number of benzene rings is 2. The SMILES string of the molecule is O=S(=O)(Nc1ccccc1-c1ccc(Cc2ccsn2)cc1)C(F)(F)F. The number of nitrogens with one attached hydrogen (secondary N) is 1. The van der Waals surface area contributed by atoms with E-state index in [0.29, 0.717) is 17.5 Å². The number of anilines is 1. The fourth-order valence-corrected chi connectivity index (χ4v) is 3.49. The van der Waals surface area contributed by atoms with Crippen molar-refractivity contribution in [2.75, 3.05) is 4.72 Å². The summed E-state index contributed by atoms with van der Waals surface area (Å²) in [5.74, 6) is 0. The number of halogens is 3. The van der Waals surface area contributed by atoms with Crippen molar-refractivity contribution in [1.82, 2.24) is 4.37 Å². The van der Waals surface area contributed by atoms with Gasteiger partial charge in [-0.25, -0.2) is 0 Å². The monoisotopic (exact) mass is 398 g/mol. The van der Waals surface area contributed by atoms with Gasteiger partial charge in [0.15, 0.2) is 0 Å². The summed E-state index contributed by atoms with van der Waals surface area (Å²) >= 11 is 1.36. The zero-order valence-electron chi connectivity index (χ0n) is 13.2. The van der Waals surface area contributed by atoms with Crippen molar-refractivity contribution in [3.63, 3.8) is 0 Å². The Kier molecular flexibility index (Phi) is 5.01. The molecule has 0 amide bonds. The van der Waals surface area contributed by atoms with Gasteiger partial charge in [-0.15, -0.1) is 0 Å². The molecule has 0 spiro atoms. The molecule has 3 aromatic rings. The van der Waals surface area contributed by atoms with Gasteiger partial charge in [0.25, 0.3) is 0 Å². The topological polar surface area (TPSA) is 59.1 Å². The van der Waals surface area contributed by atoms with Crippen LogP contribution < -0.4 is 4.72 Å². The van der Waals surface area contributed by atoms with Crippen LogP contribution in [0.25, 0.3) is 11.1 Å². The molecule has 3 rings (SSSR count). The normalized spacial score (nSPS) is 12.1. The average molecular weight is 398 g/mol. The molecule has 0 saturated heterocycles. The fourth-order valence-electron chi connectivity index (χ4n) is 2.37. The van der Waals surface area contributed by atoms with Crippen LogP contribution in [0, 0.1) is 0 Å². The van der Waals surface area contributed by atoms with Crippen molar-refractivity contribution >= 4 is 27.2 Å². The lowest BCUT2D eigenvalue weighted by atomic mass is 10.0. The predicted molar refractivity (Wildman–Crippen MR) is 95.4 cm³/mol. The van der Waals surface area contributed by atoms with Gasteiger partial charge in [0, 0.05) is 17.4 Å². The van der Waals surface area contributed by atoms with Gasteiger partial charge in [0.2, 0.25) is 0 Å². The molecule has 0 unspecified atom stereocenters. The van der Waals surface area contributed by atoms with Gasteiger partial charge in [0.05, 0.1) is 11.4 Å². The average Bonchev–Trinajstić information content (AvgIpc) is 3.08. The van der Waals surface area contributed by atoms with E-state index in [9.17, 15) is 21.6 Å². The number of alkyl halides is 3. The van der Waals surface area contributed by atoms with E-state index in [0.717, 1.165) is 11.3 Å². The lowest BCUT2D eigenvalue weighted by molar-refractivity contribution is -0.0429. The number of nitrogens with zero attached hydrogens (tertiary/aromatic N) is 1. The molecular weight excluding hydrogens is 385 g/mol. The standard InChI is InChI=1S/C17H13F3N2O2S2/c18-17(19,20)26(23,24)22-16-4-2-1-3-15(16)13-7-5-12(6-8-13)11-14-9-10-25-21-14/h1-10,22H,11H2. The second-order valence-electron chi connectivity index (χ2n) is 5.46. The Bertz CT molecular complexity index is 984. The minimum Gasteiger partial charge on any atom is -0.275 e. The molecule has 4 nitrogen and oxygen atoms in total. The lowest BCUT2D eigenvalue weighted by Gasteiger charge is -2.14. The first-order chi connectivity index (χ1) is 12.3. The van der Waals surface area contributed by atoms with Crippen molar-refractivity contribution in [2.24, 2.45) is 0 Å². The Balaban J connectivity index is 1.88. The predicted octanol–water partition coefficient (Wildman–Crippen LogP) is 4.66. The number of sulfonamides is 1. The third-order valence-corrected chi connectivity index (χ3v) is 5.31. The van der Waals surface area contributed by atoms with Crippen LogP contribution in [0.3, 0.4) is 0 Å². The zero-order chi connectivity index (χ0) is 18.8. The van der Waals surface area contributed by atoms with Crippen molar-refractivity contribution in [3.8, 4) is 11.1 Å². The molecule has 0 aliphatic carbocycles. The van der Waals surface area contributed by atoms with Crippen LogP contribution in [-0.4, -0.2) is 18.3 Å². The van der Waals surface area contributed by atoms with Crippen molar-refractivity contribution < 1.29 is 21.6 Å². The largest absolute Gasteiger partial charge is 0.516 e.